The van der Waals surface area contributed by atoms with E-state index in [1.54, 1.807) is 6.92 Å². The molecule has 1 aromatic heterocycles. The van der Waals surface area contributed by atoms with Crippen LogP contribution < -0.4 is 5.32 Å². The van der Waals surface area contributed by atoms with Crippen LogP contribution in [-0.2, 0) is 0 Å². The number of nitrogens with zero attached hydrogens (tertiary/aromatic N) is 1. The zero-order valence-electron chi connectivity index (χ0n) is 9.13. The van der Waals surface area contributed by atoms with Crippen LogP contribution in [0.1, 0.15) is 26.7 Å². The highest BCUT2D eigenvalue weighted by atomic mass is 19.1. The van der Waals surface area contributed by atoms with Gasteiger partial charge in [-0.1, -0.05) is 13.3 Å². The fourth-order valence-corrected chi connectivity index (χ4v) is 1.42. The Morgan fingerprint density at radius 1 is 1.60 bits per heavy atom. The van der Waals surface area contributed by atoms with Gasteiger partial charge in [-0.3, -0.25) is 0 Å². The first kappa shape index (κ1) is 11.9. The average molecular weight is 212 g/mol. The maximum atomic E-state index is 13.1. The highest BCUT2D eigenvalue weighted by molar-refractivity contribution is 5.35. The third kappa shape index (κ3) is 3.83. The van der Waals surface area contributed by atoms with E-state index in [1.807, 2.05) is 6.92 Å². The molecular weight excluding hydrogens is 195 g/mol. The van der Waals surface area contributed by atoms with Crippen LogP contribution in [0, 0.1) is 5.82 Å². The van der Waals surface area contributed by atoms with E-state index in [0.717, 1.165) is 6.42 Å². The minimum Gasteiger partial charge on any atom is -0.388 e. The highest BCUT2D eigenvalue weighted by Gasteiger charge is 2.19. The Morgan fingerprint density at radius 2 is 2.33 bits per heavy atom. The minimum atomic E-state index is -0.821. The minimum absolute atomic E-state index is 0.189. The van der Waals surface area contributed by atoms with E-state index in [4.69, 9.17) is 0 Å². The number of rotatable bonds is 5. The van der Waals surface area contributed by atoms with Crippen LogP contribution in [0.4, 0.5) is 10.2 Å². The summed E-state index contributed by atoms with van der Waals surface area (Å²) in [6, 6.07) is 2.87. The summed E-state index contributed by atoms with van der Waals surface area (Å²) < 4.78 is 13.1. The lowest BCUT2D eigenvalue weighted by atomic mass is 10.0. The molecule has 1 rings (SSSR count). The predicted octanol–water partition coefficient (Wildman–Crippen LogP) is 2.18. The summed E-state index contributed by atoms with van der Waals surface area (Å²) in [7, 11) is 0. The molecule has 1 atom stereocenters. The number of nitrogens with one attached hydrogen (secondary N) is 1. The van der Waals surface area contributed by atoms with Crippen molar-refractivity contribution in [2.24, 2.45) is 0 Å². The molecule has 1 heterocycles. The van der Waals surface area contributed by atoms with E-state index >= 15 is 0 Å². The fraction of sp³-hybridized carbons (Fsp3) is 0.545. The van der Waals surface area contributed by atoms with Crippen molar-refractivity contribution >= 4 is 5.82 Å². The topological polar surface area (TPSA) is 45.1 Å². The Balaban J connectivity index is 2.53. The van der Waals surface area contributed by atoms with Crippen LogP contribution >= 0.6 is 0 Å². The summed E-state index contributed by atoms with van der Waals surface area (Å²) in [6.07, 6.45) is 3.08. The van der Waals surface area contributed by atoms with Gasteiger partial charge in [0.1, 0.15) is 0 Å². The molecule has 2 N–H and O–H groups in total. The van der Waals surface area contributed by atoms with E-state index in [2.05, 4.69) is 10.3 Å². The molecule has 0 amide bonds. The van der Waals surface area contributed by atoms with Gasteiger partial charge in [0.25, 0.3) is 0 Å². The fourth-order valence-electron chi connectivity index (χ4n) is 1.42. The highest BCUT2D eigenvalue weighted by Crippen LogP contribution is 2.14. The molecule has 0 bridgehead atoms. The van der Waals surface area contributed by atoms with E-state index < -0.39 is 11.4 Å². The lowest BCUT2D eigenvalue weighted by Gasteiger charge is -2.23. The van der Waals surface area contributed by atoms with Gasteiger partial charge in [-0.05, 0) is 25.5 Å². The number of pyridine rings is 1. The summed E-state index contributed by atoms with van der Waals surface area (Å²) in [4.78, 5) is 3.84. The standard InChI is InChI=1S/C11H17FN2O/c1-3-6-11(2,15)8-14-10-9(12)5-4-7-13-10/h4-5,7,15H,3,6,8H2,1-2H3,(H,13,14). The van der Waals surface area contributed by atoms with Crippen molar-refractivity contribution < 1.29 is 9.50 Å². The molecular formula is C11H17FN2O. The second kappa shape index (κ2) is 5.07. The normalized spacial score (nSPS) is 14.7. The molecule has 15 heavy (non-hydrogen) atoms. The van der Waals surface area contributed by atoms with Crippen molar-refractivity contribution in [2.45, 2.75) is 32.3 Å². The SMILES string of the molecule is CCCC(C)(O)CNc1ncccc1F. The Kier molecular flexibility index (Phi) is 4.03. The lowest BCUT2D eigenvalue weighted by molar-refractivity contribution is 0.0635. The molecule has 0 aliphatic carbocycles. The second-order valence-corrected chi connectivity index (χ2v) is 3.93. The Bertz CT molecular complexity index is 315. The molecule has 1 aromatic rings. The van der Waals surface area contributed by atoms with Gasteiger partial charge in [0.15, 0.2) is 11.6 Å². The van der Waals surface area contributed by atoms with Gasteiger partial charge < -0.3 is 10.4 Å². The predicted molar refractivity (Wildman–Crippen MR) is 58.2 cm³/mol. The van der Waals surface area contributed by atoms with E-state index in [1.165, 1.54) is 18.3 Å². The van der Waals surface area contributed by atoms with Crippen molar-refractivity contribution in [3.8, 4) is 0 Å². The number of hydrogen-bond donors (Lipinski definition) is 2. The molecule has 1 unspecified atom stereocenters. The summed E-state index contributed by atoms with van der Waals surface area (Å²) in [6.45, 7) is 4.02. The van der Waals surface area contributed by atoms with Gasteiger partial charge in [0.2, 0.25) is 0 Å². The Morgan fingerprint density at radius 3 is 2.93 bits per heavy atom. The maximum Gasteiger partial charge on any atom is 0.165 e. The summed E-state index contributed by atoms with van der Waals surface area (Å²) >= 11 is 0. The molecule has 0 aromatic carbocycles. The molecule has 0 fully saturated rings. The number of anilines is 1. The van der Waals surface area contributed by atoms with E-state index in [-0.39, 0.29) is 5.82 Å². The lowest BCUT2D eigenvalue weighted by Crippen LogP contribution is -2.33. The number of aliphatic hydroxyl groups is 1. The Hall–Kier alpha value is -1.16. The van der Waals surface area contributed by atoms with Crippen LogP contribution in [0.5, 0.6) is 0 Å². The van der Waals surface area contributed by atoms with Crippen LogP contribution in [0.25, 0.3) is 0 Å². The molecule has 0 radical (unpaired) electrons. The molecule has 0 aliphatic heterocycles. The van der Waals surface area contributed by atoms with E-state index in [9.17, 15) is 9.50 Å². The molecule has 0 saturated heterocycles. The monoisotopic (exact) mass is 212 g/mol. The molecule has 4 heteroatoms. The van der Waals surface area contributed by atoms with Crippen molar-refractivity contribution in [1.82, 2.24) is 4.98 Å². The average Bonchev–Trinajstić information content (AvgIpc) is 2.16. The first-order chi connectivity index (χ1) is 7.05. The van der Waals surface area contributed by atoms with Crippen molar-refractivity contribution in [2.75, 3.05) is 11.9 Å². The van der Waals surface area contributed by atoms with Gasteiger partial charge in [-0.25, -0.2) is 9.37 Å². The third-order valence-electron chi connectivity index (χ3n) is 2.18. The summed E-state index contributed by atoms with van der Waals surface area (Å²) in [5, 5.41) is 12.7. The van der Waals surface area contributed by atoms with Gasteiger partial charge in [-0.2, -0.15) is 0 Å². The van der Waals surface area contributed by atoms with Gasteiger partial charge in [0.05, 0.1) is 5.60 Å². The maximum absolute atomic E-state index is 13.1. The first-order valence-electron chi connectivity index (χ1n) is 5.12. The van der Waals surface area contributed by atoms with Crippen LogP contribution in [0.2, 0.25) is 0 Å². The largest absolute Gasteiger partial charge is 0.388 e. The first-order valence-corrected chi connectivity index (χ1v) is 5.12. The summed E-state index contributed by atoms with van der Waals surface area (Å²) in [5.74, 6) is -0.210. The van der Waals surface area contributed by atoms with Crippen molar-refractivity contribution in [3.63, 3.8) is 0 Å². The molecule has 0 spiro atoms. The third-order valence-corrected chi connectivity index (χ3v) is 2.18. The second-order valence-electron chi connectivity index (χ2n) is 3.93. The molecule has 84 valence electrons. The van der Waals surface area contributed by atoms with Gasteiger partial charge in [-0.15, -0.1) is 0 Å². The molecule has 0 saturated carbocycles. The van der Waals surface area contributed by atoms with Crippen LogP contribution in [-0.4, -0.2) is 22.2 Å². The van der Waals surface area contributed by atoms with Crippen LogP contribution in [0.15, 0.2) is 18.3 Å². The smallest absolute Gasteiger partial charge is 0.165 e. The molecule has 0 aliphatic rings. The molecule has 3 nitrogen and oxygen atoms in total. The van der Waals surface area contributed by atoms with E-state index in [0.29, 0.717) is 13.0 Å². The number of hydrogen-bond acceptors (Lipinski definition) is 3. The van der Waals surface area contributed by atoms with Crippen LogP contribution in [0.3, 0.4) is 0 Å². The number of aromatic nitrogens is 1. The van der Waals surface area contributed by atoms with Crippen molar-refractivity contribution in [1.29, 1.82) is 0 Å². The zero-order chi connectivity index (χ0) is 11.3. The van der Waals surface area contributed by atoms with Gasteiger partial charge >= 0.3 is 0 Å². The Labute approximate surface area is 89.4 Å². The number of halogens is 1. The quantitative estimate of drug-likeness (QED) is 0.786. The summed E-state index contributed by atoms with van der Waals surface area (Å²) in [5.41, 5.74) is -0.821. The van der Waals surface area contributed by atoms with Crippen molar-refractivity contribution in [3.05, 3.63) is 24.1 Å². The van der Waals surface area contributed by atoms with Gasteiger partial charge in [0, 0.05) is 12.7 Å². The zero-order valence-corrected chi connectivity index (χ0v) is 9.13.